The average molecular weight is 587 g/mol. The number of anilines is 1. The molecule has 0 saturated heterocycles. The SMILES string of the molecule is CCNC(=O)[C@@H](C)N(Cc1ccc(Br)cc1)C(=O)CN(c1ccc(C)cc1)S(=O)(=O)c1ccc(C)cc1. The summed E-state index contributed by atoms with van der Waals surface area (Å²) in [6, 6.07) is 20.1. The van der Waals surface area contributed by atoms with Crippen molar-refractivity contribution in [3.8, 4) is 0 Å². The zero-order valence-corrected chi connectivity index (χ0v) is 23.8. The fourth-order valence-electron chi connectivity index (χ4n) is 3.77. The molecule has 37 heavy (non-hydrogen) atoms. The van der Waals surface area contributed by atoms with Crippen molar-refractivity contribution in [1.29, 1.82) is 0 Å². The van der Waals surface area contributed by atoms with Gasteiger partial charge in [0.15, 0.2) is 0 Å². The van der Waals surface area contributed by atoms with Crippen molar-refractivity contribution in [2.24, 2.45) is 0 Å². The Kier molecular flexibility index (Phi) is 9.50. The van der Waals surface area contributed by atoms with Gasteiger partial charge in [0.1, 0.15) is 12.6 Å². The van der Waals surface area contributed by atoms with E-state index in [1.54, 1.807) is 50.2 Å². The minimum atomic E-state index is -4.07. The van der Waals surface area contributed by atoms with Crippen LogP contribution in [0.3, 0.4) is 0 Å². The first-order chi connectivity index (χ1) is 17.5. The third-order valence-corrected chi connectivity index (χ3v) is 8.31. The summed E-state index contributed by atoms with van der Waals surface area (Å²) in [5.74, 6) is -0.797. The van der Waals surface area contributed by atoms with Gasteiger partial charge in [-0.15, -0.1) is 0 Å². The largest absolute Gasteiger partial charge is 0.355 e. The molecule has 196 valence electrons. The highest BCUT2D eigenvalue weighted by Crippen LogP contribution is 2.25. The number of likely N-dealkylation sites (N-methyl/N-ethyl adjacent to an activating group) is 1. The van der Waals surface area contributed by atoms with Crippen LogP contribution in [0.25, 0.3) is 0 Å². The highest BCUT2D eigenvalue weighted by atomic mass is 79.9. The van der Waals surface area contributed by atoms with E-state index < -0.39 is 28.5 Å². The van der Waals surface area contributed by atoms with Crippen LogP contribution in [-0.4, -0.2) is 44.3 Å². The standard InChI is InChI=1S/C28H32BrN3O4S/c1-5-30-28(34)22(4)31(18-23-10-12-24(29)13-11-23)27(33)19-32(25-14-6-20(2)7-15-25)37(35,36)26-16-8-21(3)9-17-26/h6-17,22H,5,18-19H2,1-4H3,(H,30,34)/t22-/m1/s1. The van der Waals surface area contributed by atoms with Crippen molar-refractivity contribution in [2.75, 3.05) is 17.4 Å². The molecular formula is C28H32BrN3O4S. The molecule has 0 aliphatic heterocycles. The molecule has 0 spiro atoms. The van der Waals surface area contributed by atoms with E-state index in [9.17, 15) is 18.0 Å². The van der Waals surface area contributed by atoms with Gasteiger partial charge in [-0.2, -0.15) is 0 Å². The highest BCUT2D eigenvalue weighted by Gasteiger charge is 2.32. The van der Waals surface area contributed by atoms with Crippen molar-refractivity contribution >= 4 is 43.5 Å². The number of hydrogen-bond acceptors (Lipinski definition) is 4. The Bertz CT molecular complexity index is 1330. The van der Waals surface area contributed by atoms with Crippen molar-refractivity contribution in [1.82, 2.24) is 10.2 Å². The number of carbonyl (C=O) groups is 2. The summed E-state index contributed by atoms with van der Waals surface area (Å²) in [4.78, 5) is 28.0. The number of nitrogens with zero attached hydrogens (tertiary/aromatic N) is 2. The minimum absolute atomic E-state index is 0.0858. The number of rotatable bonds is 10. The molecule has 0 saturated carbocycles. The summed E-state index contributed by atoms with van der Waals surface area (Å²) in [5.41, 5.74) is 3.07. The number of aryl methyl sites for hydroxylation is 2. The number of nitrogens with one attached hydrogen (secondary N) is 1. The number of amides is 2. The van der Waals surface area contributed by atoms with Gasteiger partial charge >= 0.3 is 0 Å². The number of halogens is 1. The molecule has 0 radical (unpaired) electrons. The fraction of sp³-hybridized carbons (Fsp3) is 0.286. The van der Waals surface area contributed by atoms with Gasteiger partial charge in [0, 0.05) is 17.6 Å². The molecule has 3 aromatic carbocycles. The van der Waals surface area contributed by atoms with Crippen LogP contribution >= 0.6 is 15.9 Å². The molecule has 0 aromatic heterocycles. The number of carbonyl (C=O) groups excluding carboxylic acids is 2. The second-order valence-corrected chi connectivity index (χ2v) is 11.7. The molecule has 3 aromatic rings. The molecule has 7 nitrogen and oxygen atoms in total. The minimum Gasteiger partial charge on any atom is -0.355 e. The first-order valence-electron chi connectivity index (χ1n) is 12.0. The maximum Gasteiger partial charge on any atom is 0.264 e. The summed E-state index contributed by atoms with van der Waals surface area (Å²) in [6.07, 6.45) is 0. The lowest BCUT2D eigenvalue weighted by Crippen LogP contribution is -2.51. The molecule has 9 heteroatoms. The molecule has 0 aliphatic rings. The maximum atomic E-state index is 13.8. The Labute approximate surface area is 227 Å². The van der Waals surface area contributed by atoms with E-state index in [2.05, 4.69) is 21.2 Å². The summed E-state index contributed by atoms with van der Waals surface area (Å²) in [5, 5.41) is 2.76. The van der Waals surface area contributed by atoms with E-state index >= 15 is 0 Å². The third-order valence-electron chi connectivity index (χ3n) is 5.99. The van der Waals surface area contributed by atoms with E-state index in [-0.39, 0.29) is 17.3 Å². The lowest BCUT2D eigenvalue weighted by Gasteiger charge is -2.32. The summed E-state index contributed by atoms with van der Waals surface area (Å²) in [6.45, 7) is 7.34. The van der Waals surface area contributed by atoms with Gasteiger partial charge in [0.2, 0.25) is 11.8 Å². The van der Waals surface area contributed by atoms with E-state index in [0.717, 1.165) is 25.5 Å². The summed E-state index contributed by atoms with van der Waals surface area (Å²) >= 11 is 3.41. The zero-order chi connectivity index (χ0) is 27.2. The van der Waals surface area contributed by atoms with Crippen LogP contribution in [0.4, 0.5) is 5.69 Å². The fourth-order valence-corrected chi connectivity index (χ4v) is 5.45. The van der Waals surface area contributed by atoms with Crippen molar-refractivity contribution in [3.63, 3.8) is 0 Å². The molecule has 0 unspecified atom stereocenters. The maximum absolute atomic E-state index is 13.8. The van der Waals surface area contributed by atoms with Gasteiger partial charge < -0.3 is 10.2 Å². The number of benzene rings is 3. The van der Waals surface area contributed by atoms with Crippen molar-refractivity contribution < 1.29 is 18.0 Å². The van der Waals surface area contributed by atoms with Gasteiger partial charge in [-0.25, -0.2) is 8.42 Å². The topological polar surface area (TPSA) is 86.8 Å². The molecule has 0 aliphatic carbocycles. The van der Waals surface area contributed by atoms with Crippen LogP contribution in [0.5, 0.6) is 0 Å². The molecule has 3 rings (SSSR count). The van der Waals surface area contributed by atoms with Crippen LogP contribution in [0.15, 0.2) is 82.2 Å². The summed E-state index contributed by atoms with van der Waals surface area (Å²) in [7, 11) is -4.07. The van der Waals surface area contributed by atoms with Gasteiger partial charge in [-0.3, -0.25) is 13.9 Å². The van der Waals surface area contributed by atoms with E-state index in [0.29, 0.717) is 12.2 Å². The second-order valence-electron chi connectivity index (χ2n) is 8.88. The molecule has 1 atom stereocenters. The molecular weight excluding hydrogens is 554 g/mol. The Morgan fingerprint density at radius 2 is 1.43 bits per heavy atom. The average Bonchev–Trinajstić information content (AvgIpc) is 2.87. The van der Waals surface area contributed by atoms with E-state index in [1.807, 2.05) is 38.1 Å². The lowest BCUT2D eigenvalue weighted by molar-refractivity contribution is -0.139. The predicted octanol–water partition coefficient (Wildman–Crippen LogP) is 4.81. The first kappa shape index (κ1) is 28.4. The zero-order valence-electron chi connectivity index (χ0n) is 21.4. The van der Waals surface area contributed by atoms with Crippen LogP contribution in [0.1, 0.15) is 30.5 Å². The summed E-state index contributed by atoms with van der Waals surface area (Å²) < 4.78 is 29.5. The Morgan fingerprint density at radius 1 is 0.892 bits per heavy atom. The quantitative estimate of drug-likeness (QED) is 0.370. The van der Waals surface area contributed by atoms with Gasteiger partial charge in [-0.05, 0) is 69.7 Å². The van der Waals surface area contributed by atoms with Crippen molar-refractivity contribution in [2.45, 2.75) is 45.2 Å². The predicted molar refractivity (Wildman–Crippen MR) is 150 cm³/mol. The second kappa shape index (κ2) is 12.4. The monoisotopic (exact) mass is 585 g/mol. The number of hydrogen-bond donors (Lipinski definition) is 1. The van der Waals surface area contributed by atoms with Gasteiger partial charge in [-0.1, -0.05) is 63.5 Å². The van der Waals surface area contributed by atoms with Crippen LogP contribution in [0.2, 0.25) is 0 Å². The van der Waals surface area contributed by atoms with Crippen LogP contribution in [-0.2, 0) is 26.2 Å². The molecule has 2 amide bonds. The van der Waals surface area contributed by atoms with Gasteiger partial charge in [0.25, 0.3) is 10.0 Å². The van der Waals surface area contributed by atoms with Crippen molar-refractivity contribution in [3.05, 3.63) is 94.0 Å². The molecule has 1 N–H and O–H groups in total. The van der Waals surface area contributed by atoms with Gasteiger partial charge in [0.05, 0.1) is 10.6 Å². The lowest BCUT2D eigenvalue weighted by atomic mass is 10.1. The Balaban J connectivity index is 2.01. The third kappa shape index (κ3) is 7.20. The van der Waals surface area contributed by atoms with E-state index in [1.165, 1.54) is 17.0 Å². The normalized spacial score (nSPS) is 12.0. The molecule has 0 bridgehead atoms. The first-order valence-corrected chi connectivity index (χ1v) is 14.2. The molecule has 0 heterocycles. The van der Waals surface area contributed by atoms with E-state index in [4.69, 9.17) is 0 Å². The number of sulfonamides is 1. The molecule has 0 fully saturated rings. The van der Waals surface area contributed by atoms with Crippen LogP contribution in [0, 0.1) is 13.8 Å². The smallest absolute Gasteiger partial charge is 0.264 e. The Morgan fingerprint density at radius 3 is 1.97 bits per heavy atom. The van der Waals surface area contributed by atoms with Crippen LogP contribution < -0.4 is 9.62 Å². The Hall–Kier alpha value is -3.17. The highest BCUT2D eigenvalue weighted by molar-refractivity contribution is 9.10.